The first kappa shape index (κ1) is 14.6. The molecule has 4 heteroatoms. The fraction of sp³-hybridized carbons (Fsp3) is 0.765. The van der Waals surface area contributed by atoms with Crippen molar-refractivity contribution >= 4 is 11.6 Å². The molecule has 0 radical (unpaired) electrons. The SMILES string of the molecule is CNc1nc(C2CC2)nc(N(C)C2CCCC(C)C2)c1C. The second-order valence-corrected chi connectivity index (χ2v) is 6.94. The second-order valence-electron chi connectivity index (χ2n) is 6.94. The van der Waals surface area contributed by atoms with E-state index in [0.717, 1.165) is 23.4 Å². The summed E-state index contributed by atoms with van der Waals surface area (Å²) in [5, 5.41) is 3.25. The van der Waals surface area contributed by atoms with Gasteiger partial charge in [0.1, 0.15) is 17.5 Å². The highest BCUT2D eigenvalue weighted by Crippen LogP contribution is 2.40. The molecule has 1 aromatic rings. The summed E-state index contributed by atoms with van der Waals surface area (Å²) in [6.45, 7) is 4.52. The van der Waals surface area contributed by atoms with Crippen LogP contribution in [0, 0.1) is 12.8 Å². The number of nitrogens with zero attached hydrogens (tertiary/aromatic N) is 3. The van der Waals surface area contributed by atoms with Crippen molar-refractivity contribution in [2.24, 2.45) is 5.92 Å². The van der Waals surface area contributed by atoms with Crippen molar-refractivity contribution in [3.05, 3.63) is 11.4 Å². The lowest BCUT2D eigenvalue weighted by molar-refractivity contribution is 0.335. The van der Waals surface area contributed by atoms with E-state index in [4.69, 9.17) is 9.97 Å². The van der Waals surface area contributed by atoms with Gasteiger partial charge in [-0.15, -0.1) is 0 Å². The molecule has 2 saturated carbocycles. The van der Waals surface area contributed by atoms with E-state index < -0.39 is 0 Å². The summed E-state index contributed by atoms with van der Waals surface area (Å²) >= 11 is 0. The third-order valence-electron chi connectivity index (χ3n) is 5.11. The molecule has 0 aromatic carbocycles. The van der Waals surface area contributed by atoms with Crippen LogP contribution in [0.15, 0.2) is 0 Å². The molecular formula is C17H28N4. The smallest absolute Gasteiger partial charge is 0.137 e. The van der Waals surface area contributed by atoms with Gasteiger partial charge in [0.25, 0.3) is 0 Å². The van der Waals surface area contributed by atoms with Gasteiger partial charge in [-0.25, -0.2) is 9.97 Å². The standard InChI is InChI=1S/C17H28N4/c1-11-6-5-7-14(10-11)21(4)17-12(2)15(18-3)19-16(20-17)13-8-9-13/h11,13-14H,5-10H2,1-4H3,(H,18,19,20). The van der Waals surface area contributed by atoms with Gasteiger partial charge in [-0.2, -0.15) is 0 Å². The van der Waals surface area contributed by atoms with Crippen molar-refractivity contribution in [3.8, 4) is 0 Å². The zero-order valence-corrected chi connectivity index (χ0v) is 13.8. The molecule has 1 aromatic heterocycles. The Labute approximate surface area is 128 Å². The third kappa shape index (κ3) is 2.99. The molecule has 1 heterocycles. The fourth-order valence-corrected chi connectivity index (χ4v) is 3.56. The van der Waals surface area contributed by atoms with Gasteiger partial charge in [0, 0.05) is 31.6 Å². The van der Waals surface area contributed by atoms with Crippen molar-refractivity contribution in [1.82, 2.24) is 9.97 Å². The van der Waals surface area contributed by atoms with Crippen molar-refractivity contribution in [2.45, 2.75) is 64.3 Å². The summed E-state index contributed by atoms with van der Waals surface area (Å²) in [6.07, 6.45) is 7.79. The summed E-state index contributed by atoms with van der Waals surface area (Å²) in [4.78, 5) is 12.0. The number of aromatic nitrogens is 2. The van der Waals surface area contributed by atoms with E-state index in [0.29, 0.717) is 12.0 Å². The molecule has 1 N–H and O–H groups in total. The van der Waals surface area contributed by atoms with Gasteiger partial charge in [-0.3, -0.25) is 0 Å². The summed E-state index contributed by atoms with van der Waals surface area (Å²) < 4.78 is 0. The summed E-state index contributed by atoms with van der Waals surface area (Å²) in [7, 11) is 4.17. The Bertz CT molecular complexity index is 510. The van der Waals surface area contributed by atoms with E-state index in [1.165, 1.54) is 44.1 Å². The molecule has 2 unspecified atom stereocenters. The van der Waals surface area contributed by atoms with Crippen LogP contribution in [-0.4, -0.2) is 30.1 Å². The topological polar surface area (TPSA) is 41.1 Å². The summed E-state index contributed by atoms with van der Waals surface area (Å²) in [5.74, 6) is 4.60. The number of anilines is 2. The number of nitrogens with one attached hydrogen (secondary N) is 1. The van der Waals surface area contributed by atoms with Crippen LogP contribution in [0.2, 0.25) is 0 Å². The van der Waals surface area contributed by atoms with E-state index in [2.05, 4.69) is 31.1 Å². The van der Waals surface area contributed by atoms with Crippen LogP contribution in [0.5, 0.6) is 0 Å². The molecule has 0 aliphatic heterocycles. The van der Waals surface area contributed by atoms with E-state index >= 15 is 0 Å². The molecule has 0 amide bonds. The molecule has 0 saturated heterocycles. The normalized spacial score (nSPS) is 25.7. The molecule has 0 spiro atoms. The molecule has 116 valence electrons. The van der Waals surface area contributed by atoms with Crippen molar-refractivity contribution < 1.29 is 0 Å². The minimum atomic E-state index is 0.593. The molecular weight excluding hydrogens is 260 g/mol. The van der Waals surface area contributed by atoms with E-state index in [-0.39, 0.29) is 0 Å². The molecule has 2 fully saturated rings. The van der Waals surface area contributed by atoms with Gasteiger partial charge in [0.15, 0.2) is 0 Å². The average Bonchev–Trinajstić information content (AvgIpc) is 3.31. The van der Waals surface area contributed by atoms with Gasteiger partial charge in [0.05, 0.1) is 0 Å². The largest absolute Gasteiger partial charge is 0.373 e. The average molecular weight is 288 g/mol. The lowest BCUT2D eigenvalue weighted by Gasteiger charge is -2.36. The van der Waals surface area contributed by atoms with Crippen LogP contribution >= 0.6 is 0 Å². The van der Waals surface area contributed by atoms with Gasteiger partial charge in [-0.05, 0) is 38.5 Å². The maximum absolute atomic E-state index is 4.92. The highest BCUT2D eigenvalue weighted by molar-refractivity contribution is 5.59. The first-order valence-electron chi connectivity index (χ1n) is 8.39. The molecule has 2 atom stereocenters. The van der Waals surface area contributed by atoms with Gasteiger partial charge >= 0.3 is 0 Å². The Kier molecular flexibility index (Phi) is 4.05. The Morgan fingerprint density at radius 1 is 1.14 bits per heavy atom. The van der Waals surface area contributed by atoms with Gasteiger partial charge in [0.2, 0.25) is 0 Å². The lowest BCUT2D eigenvalue weighted by Crippen LogP contribution is -2.36. The minimum Gasteiger partial charge on any atom is -0.373 e. The first-order chi connectivity index (χ1) is 10.1. The number of rotatable bonds is 4. The lowest BCUT2D eigenvalue weighted by atomic mass is 9.86. The molecule has 0 bridgehead atoms. The molecule has 2 aliphatic rings. The zero-order chi connectivity index (χ0) is 15.0. The van der Waals surface area contributed by atoms with Crippen LogP contribution in [0.3, 0.4) is 0 Å². The van der Waals surface area contributed by atoms with E-state index in [1.54, 1.807) is 0 Å². The van der Waals surface area contributed by atoms with Gasteiger partial charge in [-0.1, -0.05) is 19.8 Å². The predicted octanol–water partition coefficient (Wildman–Crippen LogP) is 3.72. The highest BCUT2D eigenvalue weighted by atomic mass is 15.2. The summed E-state index contributed by atoms with van der Waals surface area (Å²) in [5.41, 5.74) is 1.18. The molecule has 3 rings (SSSR count). The van der Waals surface area contributed by atoms with Crippen LogP contribution < -0.4 is 10.2 Å². The number of hydrogen-bond acceptors (Lipinski definition) is 4. The minimum absolute atomic E-state index is 0.593. The van der Waals surface area contributed by atoms with Crippen LogP contribution in [-0.2, 0) is 0 Å². The van der Waals surface area contributed by atoms with Crippen LogP contribution in [0.25, 0.3) is 0 Å². The van der Waals surface area contributed by atoms with Crippen LogP contribution in [0.1, 0.15) is 62.8 Å². The highest BCUT2D eigenvalue weighted by Gasteiger charge is 2.30. The Hall–Kier alpha value is -1.32. The molecule has 4 nitrogen and oxygen atoms in total. The Balaban J connectivity index is 1.90. The predicted molar refractivity (Wildman–Crippen MR) is 88.1 cm³/mol. The van der Waals surface area contributed by atoms with E-state index in [9.17, 15) is 0 Å². The van der Waals surface area contributed by atoms with Crippen molar-refractivity contribution in [2.75, 3.05) is 24.3 Å². The van der Waals surface area contributed by atoms with Gasteiger partial charge < -0.3 is 10.2 Å². The van der Waals surface area contributed by atoms with Crippen LogP contribution in [0.4, 0.5) is 11.6 Å². The van der Waals surface area contributed by atoms with Crippen molar-refractivity contribution in [1.29, 1.82) is 0 Å². The molecule has 21 heavy (non-hydrogen) atoms. The zero-order valence-electron chi connectivity index (χ0n) is 13.8. The quantitative estimate of drug-likeness (QED) is 0.917. The summed E-state index contributed by atoms with van der Waals surface area (Å²) in [6, 6.07) is 0.624. The van der Waals surface area contributed by atoms with Crippen molar-refractivity contribution in [3.63, 3.8) is 0 Å². The Morgan fingerprint density at radius 2 is 1.90 bits per heavy atom. The molecule has 2 aliphatic carbocycles. The first-order valence-corrected chi connectivity index (χ1v) is 8.39. The maximum Gasteiger partial charge on any atom is 0.137 e. The fourth-order valence-electron chi connectivity index (χ4n) is 3.56. The maximum atomic E-state index is 4.92. The monoisotopic (exact) mass is 288 g/mol. The second kappa shape index (κ2) is 5.82. The Morgan fingerprint density at radius 3 is 2.52 bits per heavy atom. The number of hydrogen-bond donors (Lipinski definition) is 1. The third-order valence-corrected chi connectivity index (χ3v) is 5.11. The van der Waals surface area contributed by atoms with E-state index in [1.807, 2.05) is 7.05 Å².